The Morgan fingerprint density at radius 3 is 2.76 bits per heavy atom. The van der Waals surface area contributed by atoms with E-state index in [0.29, 0.717) is 29.7 Å². The third-order valence-electron chi connectivity index (χ3n) is 4.63. The van der Waals surface area contributed by atoms with Gasteiger partial charge in [0, 0.05) is 12.2 Å². The molecule has 1 aromatic heterocycles. The van der Waals surface area contributed by atoms with Crippen molar-refractivity contribution in [3.63, 3.8) is 0 Å². The second-order valence-electron chi connectivity index (χ2n) is 6.38. The molecule has 0 saturated carbocycles. The Balaban J connectivity index is 1.68. The summed E-state index contributed by atoms with van der Waals surface area (Å²) >= 11 is 0. The van der Waals surface area contributed by atoms with E-state index in [1.807, 2.05) is 0 Å². The fourth-order valence-electron chi connectivity index (χ4n) is 3.15. The molecular weight excluding hydrogens is 337 g/mol. The molecule has 2 aromatic rings. The number of benzene rings is 1. The van der Waals surface area contributed by atoms with Crippen LogP contribution in [-0.4, -0.2) is 46.1 Å². The molecule has 6 nitrogen and oxygen atoms in total. The zero-order valence-electron chi connectivity index (χ0n) is 13.6. The molecule has 9 heteroatoms. The second kappa shape index (κ2) is 6.55. The van der Waals surface area contributed by atoms with Crippen LogP contribution in [0.25, 0.3) is 11.0 Å². The average molecular weight is 356 g/mol. The van der Waals surface area contributed by atoms with Crippen molar-refractivity contribution in [3.05, 3.63) is 28.7 Å². The molecule has 25 heavy (non-hydrogen) atoms. The molecule has 1 fully saturated rings. The van der Waals surface area contributed by atoms with Crippen LogP contribution in [0.4, 0.5) is 18.9 Å². The van der Waals surface area contributed by atoms with Gasteiger partial charge in [-0.05, 0) is 44.5 Å². The molecule has 3 N–H and O–H groups in total. The van der Waals surface area contributed by atoms with Crippen LogP contribution in [0.15, 0.2) is 23.0 Å². The van der Waals surface area contributed by atoms with Crippen molar-refractivity contribution in [2.24, 2.45) is 5.92 Å². The van der Waals surface area contributed by atoms with Gasteiger partial charge in [0.1, 0.15) is 0 Å². The number of alkyl halides is 3. The Morgan fingerprint density at radius 1 is 1.32 bits per heavy atom. The van der Waals surface area contributed by atoms with Crippen molar-refractivity contribution in [1.29, 1.82) is 0 Å². The molecule has 2 atom stereocenters. The number of carbonyl (C=O) groups is 1. The summed E-state index contributed by atoms with van der Waals surface area (Å²) in [4.78, 5) is 30.4. The normalized spacial score (nSPS) is 20.6. The summed E-state index contributed by atoms with van der Waals surface area (Å²) in [6.07, 6.45) is -3.72. The quantitative estimate of drug-likeness (QED) is 0.790. The van der Waals surface area contributed by atoms with Crippen LogP contribution in [0.2, 0.25) is 0 Å². The first-order chi connectivity index (χ1) is 11.7. The number of aromatic amines is 2. The lowest BCUT2D eigenvalue weighted by Crippen LogP contribution is -2.49. The number of nitrogens with one attached hydrogen (secondary N) is 3. The summed E-state index contributed by atoms with van der Waals surface area (Å²) in [6, 6.07) is 4.21. The van der Waals surface area contributed by atoms with Crippen LogP contribution in [0.1, 0.15) is 19.8 Å². The highest BCUT2D eigenvalue weighted by atomic mass is 19.4. The van der Waals surface area contributed by atoms with Gasteiger partial charge < -0.3 is 15.3 Å². The number of nitrogens with zero attached hydrogens (tertiary/aromatic N) is 1. The molecule has 0 radical (unpaired) electrons. The molecule has 1 aromatic carbocycles. The smallest absolute Gasteiger partial charge is 0.325 e. The molecule has 0 spiro atoms. The molecular formula is C16H19F3N4O2. The van der Waals surface area contributed by atoms with Crippen LogP contribution in [0.5, 0.6) is 0 Å². The number of anilines is 1. The highest BCUT2D eigenvalue weighted by Crippen LogP contribution is 2.33. The average Bonchev–Trinajstić information content (AvgIpc) is 2.92. The fourth-order valence-corrected chi connectivity index (χ4v) is 3.15. The second-order valence-corrected chi connectivity index (χ2v) is 6.38. The number of hydrogen-bond donors (Lipinski definition) is 3. The van der Waals surface area contributed by atoms with E-state index in [4.69, 9.17) is 0 Å². The van der Waals surface area contributed by atoms with E-state index in [-0.39, 0.29) is 24.6 Å². The van der Waals surface area contributed by atoms with Crippen LogP contribution in [0, 0.1) is 5.92 Å². The lowest BCUT2D eigenvalue weighted by Gasteiger charge is -2.36. The van der Waals surface area contributed by atoms with Crippen molar-refractivity contribution in [3.8, 4) is 0 Å². The zero-order chi connectivity index (χ0) is 18.2. The van der Waals surface area contributed by atoms with Gasteiger partial charge in [0.2, 0.25) is 5.91 Å². The van der Waals surface area contributed by atoms with E-state index in [9.17, 15) is 22.8 Å². The molecule has 3 rings (SSSR count). The Labute approximate surface area is 141 Å². The molecule has 1 saturated heterocycles. The van der Waals surface area contributed by atoms with E-state index >= 15 is 0 Å². The number of aromatic nitrogens is 2. The number of hydrogen-bond acceptors (Lipinski definition) is 3. The molecule has 1 aliphatic heterocycles. The van der Waals surface area contributed by atoms with Gasteiger partial charge >= 0.3 is 11.9 Å². The van der Waals surface area contributed by atoms with E-state index < -0.39 is 18.1 Å². The number of rotatable bonds is 3. The summed E-state index contributed by atoms with van der Waals surface area (Å²) in [5.74, 6) is -1.77. The number of imidazole rings is 1. The van der Waals surface area contributed by atoms with E-state index in [0.717, 1.165) is 0 Å². The number of piperidine rings is 1. The van der Waals surface area contributed by atoms with E-state index in [1.165, 1.54) is 0 Å². The third kappa shape index (κ3) is 3.87. The molecule has 0 unspecified atom stereocenters. The van der Waals surface area contributed by atoms with Crippen molar-refractivity contribution in [1.82, 2.24) is 14.9 Å². The van der Waals surface area contributed by atoms with Gasteiger partial charge in [-0.2, -0.15) is 13.2 Å². The van der Waals surface area contributed by atoms with Crippen LogP contribution >= 0.6 is 0 Å². The highest BCUT2D eigenvalue weighted by Gasteiger charge is 2.43. The number of likely N-dealkylation sites (tertiary alicyclic amines) is 1. The largest absolute Gasteiger partial charge is 0.393 e. The van der Waals surface area contributed by atoms with E-state index in [1.54, 1.807) is 30.0 Å². The van der Waals surface area contributed by atoms with Gasteiger partial charge in [-0.15, -0.1) is 0 Å². The first-order valence-electron chi connectivity index (χ1n) is 8.08. The maximum Gasteiger partial charge on any atom is 0.393 e. The minimum atomic E-state index is -4.24. The maximum atomic E-state index is 12.9. The molecule has 0 aliphatic carbocycles. The van der Waals surface area contributed by atoms with Crippen molar-refractivity contribution in [2.45, 2.75) is 32.0 Å². The molecule has 1 amide bonds. The highest BCUT2D eigenvalue weighted by molar-refractivity contribution is 5.96. The summed E-state index contributed by atoms with van der Waals surface area (Å²) in [7, 11) is 0. The first kappa shape index (κ1) is 17.5. The minimum absolute atomic E-state index is 0.103. The monoisotopic (exact) mass is 356 g/mol. The van der Waals surface area contributed by atoms with Crippen LogP contribution in [-0.2, 0) is 4.79 Å². The zero-order valence-corrected chi connectivity index (χ0v) is 13.6. The Kier molecular flexibility index (Phi) is 4.59. The van der Waals surface area contributed by atoms with Crippen molar-refractivity contribution in [2.75, 3.05) is 18.4 Å². The SMILES string of the molecule is C[C@@H](C(=O)Nc1ccc2[nH]c(=O)[nH]c2c1)N1CCC[C@@H](C(F)(F)F)C1. The number of halogens is 3. The molecule has 136 valence electrons. The summed E-state index contributed by atoms with van der Waals surface area (Å²) in [6.45, 7) is 1.90. The predicted molar refractivity (Wildman–Crippen MR) is 87.4 cm³/mol. The lowest BCUT2D eigenvalue weighted by atomic mass is 9.96. The van der Waals surface area contributed by atoms with Gasteiger partial charge in [-0.25, -0.2) is 4.79 Å². The molecule has 0 bridgehead atoms. The molecule has 2 heterocycles. The Morgan fingerprint density at radius 2 is 2.04 bits per heavy atom. The first-order valence-corrected chi connectivity index (χ1v) is 8.08. The maximum absolute atomic E-state index is 12.9. The number of amides is 1. The van der Waals surface area contributed by atoms with Crippen LogP contribution in [0.3, 0.4) is 0 Å². The number of fused-ring (bicyclic) bond motifs is 1. The number of carbonyl (C=O) groups excluding carboxylic acids is 1. The van der Waals surface area contributed by atoms with Gasteiger partial charge in [0.15, 0.2) is 0 Å². The topological polar surface area (TPSA) is 81.0 Å². The fraction of sp³-hybridized carbons (Fsp3) is 0.500. The summed E-state index contributed by atoms with van der Waals surface area (Å²) in [5, 5.41) is 2.70. The van der Waals surface area contributed by atoms with Gasteiger partial charge in [-0.1, -0.05) is 0 Å². The molecule has 1 aliphatic rings. The van der Waals surface area contributed by atoms with E-state index in [2.05, 4.69) is 15.3 Å². The lowest BCUT2D eigenvalue weighted by molar-refractivity contribution is -0.188. The van der Waals surface area contributed by atoms with Crippen molar-refractivity contribution < 1.29 is 18.0 Å². The Bertz CT molecular complexity index is 827. The van der Waals surface area contributed by atoms with Gasteiger partial charge in [0.25, 0.3) is 0 Å². The number of H-pyrrole nitrogens is 2. The van der Waals surface area contributed by atoms with Gasteiger partial charge in [-0.3, -0.25) is 9.69 Å². The minimum Gasteiger partial charge on any atom is -0.325 e. The third-order valence-corrected chi connectivity index (χ3v) is 4.63. The van der Waals surface area contributed by atoms with Crippen molar-refractivity contribution >= 4 is 22.6 Å². The predicted octanol–water partition coefficient (Wildman–Crippen LogP) is 2.46. The van der Waals surface area contributed by atoms with Crippen LogP contribution < -0.4 is 11.0 Å². The standard InChI is InChI=1S/C16H19F3N4O2/c1-9(23-6-2-3-10(8-23)16(17,18)19)14(24)20-11-4-5-12-13(7-11)22-15(25)21-12/h4-5,7,9-10H,2-3,6,8H2,1H3,(H,20,24)(H2,21,22,25)/t9-,10+/m0/s1. The van der Waals surface area contributed by atoms with Gasteiger partial charge in [0.05, 0.1) is 23.0 Å². The Hall–Kier alpha value is -2.29. The summed E-state index contributed by atoms with van der Waals surface area (Å²) < 4.78 is 38.8. The summed E-state index contributed by atoms with van der Waals surface area (Å²) in [5.41, 5.74) is 1.29.